The lowest BCUT2D eigenvalue weighted by Crippen LogP contribution is -2.04. The highest BCUT2D eigenvalue weighted by molar-refractivity contribution is 5.57. The summed E-state index contributed by atoms with van der Waals surface area (Å²) in [6.45, 7) is 0.432. The van der Waals surface area contributed by atoms with Crippen molar-refractivity contribution in [3.63, 3.8) is 0 Å². The second kappa shape index (κ2) is 6.04. The Morgan fingerprint density at radius 3 is 2.71 bits per heavy atom. The van der Waals surface area contributed by atoms with Crippen molar-refractivity contribution in [1.82, 2.24) is 4.98 Å². The van der Waals surface area contributed by atoms with E-state index in [1.807, 2.05) is 37.4 Å². The maximum atomic E-state index is 5.86. The number of benzene rings is 1. The summed E-state index contributed by atoms with van der Waals surface area (Å²) in [7, 11) is 3.56. The third-order valence-electron chi connectivity index (χ3n) is 3.73. The Hall–Kier alpha value is -2.23. The first kappa shape index (κ1) is 13.7. The van der Waals surface area contributed by atoms with Crippen LogP contribution >= 0.6 is 0 Å². The SMILES string of the molecule is CNc1cccc(OC)c1COc1cccc(C2CC2)n1. The lowest BCUT2D eigenvalue weighted by molar-refractivity contribution is 0.285. The average molecular weight is 284 g/mol. The number of nitrogens with one attached hydrogen (secondary N) is 1. The summed E-state index contributed by atoms with van der Waals surface area (Å²) in [5.41, 5.74) is 3.15. The van der Waals surface area contributed by atoms with Crippen LogP contribution in [0.1, 0.15) is 30.0 Å². The molecule has 1 aromatic heterocycles. The number of nitrogens with zero attached hydrogens (tertiary/aromatic N) is 1. The van der Waals surface area contributed by atoms with Gasteiger partial charge < -0.3 is 14.8 Å². The quantitative estimate of drug-likeness (QED) is 0.880. The summed E-state index contributed by atoms with van der Waals surface area (Å²) in [6.07, 6.45) is 2.49. The first-order chi connectivity index (χ1) is 10.3. The summed E-state index contributed by atoms with van der Waals surface area (Å²) in [5, 5.41) is 3.17. The predicted molar refractivity (Wildman–Crippen MR) is 83.1 cm³/mol. The van der Waals surface area contributed by atoms with E-state index in [-0.39, 0.29) is 0 Å². The molecule has 1 fully saturated rings. The third kappa shape index (κ3) is 3.10. The van der Waals surface area contributed by atoms with Crippen LogP contribution in [0.3, 0.4) is 0 Å². The maximum absolute atomic E-state index is 5.86. The minimum absolute atomic E-state index is 0.432. The number of anilines is 1. The van der Waals surface area contributed by atoms with Crippen LogP contribution in [-0.4, -0.2) is 19.1 Å². The van der Waals surface area contributed by atoms with Crippen LogP contribution in [0.2, 0.25) is 0 Å². The zero-order chi connectivity index (χ0) is 14.7. The second-order valence-electron chi connectivity index (χ2n) is 5.20. The van der Waals surface area contributed by atoms with Gasteiger partial charge in [-0.2, -0.15) is 0 Å². The Labute approximate surface area is 125 Å². The van der Waals surface area contributed by atoms with Crippen molar-refractivity contribution < 1.29 is 9.47 Å². The Morgan fingerprint density at radius 1 is 1.19 bits per heavy atom. The van der Waals surface area contributed by atoms with Crippen molar-refractivity contribution in [2.24, 2.45) is 0 Å². The largest absolute Gasteiger partial charge is 0.496 e. The van der Waals surface area contributed by atoms with Crippen LogP contribution in [-0.2, 0) is 6.61 Å². The molecule has 1 aliphatic rings. The lowest BCUT2D eigenvalue weighted by atomic mass is 10.1. The molecule has 0 saturated heterocycles. The fraction of sp³-hybridized carbons (Fsp3) is 0.353. The van der Waals surface area contributed by atoms with Gasteiger partial charge in [-0.3, -0.25) is 0 Å². The number of ether oxygens (including phenoxy) is 2. The van der Waals surface area contributed by atoms with Crippen LogP contribution in [0, 0.1) is 0 Å². The van der Waals surface area contributed by atoms with E-state index >= 15 is 0 Å². The minimum Gasteiger partial charge on any atom is -0.496 e. The second-order valence-corrected chi connectivity index (χ2v) is 5.20. The van der Waals surface area contributed by atoms with E-state index in [1.54, 1.807) is 7.11 Å². The van der Waals surface area contributed by atoms with Crippen LogP contribution in [0.15, 0.2) is 36.4 Å². The van der Waals surface area contributed by atoms with Gasteiger partial charge in [0.2, 0.25) is 5.88 Å². The van der Waals surface area contributed by atoms with Crippen molar-refractivity contribution in [3.8, 4) is 11.6 Å². The van der Waals surface area contributed by atoms with Gasteiger partial charge in [0, 0.05) is 30.4 Å². The van der Waals surface area contributed by atoms with Gasteiger partial charge in [0.25, 0.3) is 0 Å². The van der Waals surface area contributed by atoms with E-state index in [1.165, 1.54) is 12.8 Å². The van der Waals surface area contributed by atoms with Crippen LogP contribution in [0.4, 0.5) is 5.69 Å². The molecule has 0 unspecified atom stereocenters. The van der Waals surface area contributed by atoms with E-state index in [2.05, 4.69) is 16.4 Å². The third-order valence-corrected chi connectivity index (χ3v) is 3.73. The van der Waals surface area contributed by atoms with Gasteiger partial charge in [0.1, 0.15) is 12.4 Å². The van der Waals surface area contributed by atoms with E-state index < -0.39 is 0 Å². The Kier molecular flexibility index (Phi) is 3.95. The molecule has 1 N–H and O–H groups in total. The molecule has 0 atom stereocenters. The molecule has 2 aromatic rings. The van der Waals surface area contributed by atoms with E-state index in [0.29, 0.717) is 18.4 Å². The van der Waals surface area contributed by atoms with Crippen LogP contribution in [0.5, 0.6) is 11.6 Å². The van der Waals surface area contributed by atoms with E-state index in [4.69, 9.17) is 9.47 Å². The predicted octanol–water partition coefficient (Wildman–Crippen LogP) is 3.59. The molecule has 0 bridgehead atoms. The Bertz CT molecular complexity index is 602. The Morgan fingerprint density at radius 2 is 2.00 bits per heavy atom. The van der Waals surface area contributed by atoms with Crippen molar-refractivity contribution >= 4 is 5.69 Å². The van der Waals surface area contributed by atoms with Gasteiger partial charge >= 0.3 is 0 Å². The van der Waals surface area contributed by atoms with Gasteiger partial charge in [-0.15, -0.1) is 0 Å². The van der Waals surface area contributed by atoms with Gasteiger partial charge in [0.05, 0.1) is 12.7 Å². The molecule has 1 aliphatic carbocycles. The molecule has 4 nitrogen and oxygen atoms in total. The topological polar surface area (TPSA) is 43.4 Å². The van der Waals surface area contributed by atoms with Gasteiger partial charge in [-0.1, -0.05) is 12.1 Å². The van der Waals surface area contributed by atoms with Crippen molar-refractivity contribution in [2.75, 3.05) is 19.5 Å². The molecular formula is C17H20N2O2. The molecular weight excluding hydrogens is 264 g/mol. The summed E-state index contributed by atoms with van der Waals surface area (Å²) in [4.78, 5) is 4.58. The number of aromatic nitrogens is 1. The summed E-state index contributed by atoms with van der Waals surface area (Å²) < 4.78 is 11.3. The fourth-order valence-corrected chi connectivity index (χ4v) is 2.40. The van der Waals surface area contributed by atoms with Crippen molar-refractivity contribution in [3.05, 3.63) is 47.7 Å². The zero-order valence-electron chi connectivity index (χ0n) is 12.4. The molecule has 0 amide bonds. The molecule has 3 rings (SSSR count). The minimum atomic E-state index is 0.432. The average Bonchev–Trinajstić information content (AvgIpc) is 3.37. The fourth-order valence-electron chi connectivity index (χ4n) is 2.40. The molecule has 0 aliphatic heterocycles. The van der Waals surface area contributed by atoms with E-state index in [0.717, 1.165) is 22.7 Å². The first-order valence-electron chi connectivity index (χ1n) is 7.25. The van der Waals surface area contributed by atoms with Crippen LogP contribution in [0.25, 0.3) is 0 Å². The molecule has 21 heavy (non-hydrogen) atoms. The maximum Gasteiger partial charge on any atom is 0.213 e. The van der Waals surface area contributed by atoms with Gasteiger partial charge in [-0.05, 0) is 31.0 Å². The summed E-state index contributed by atoms with van der Waals surface area (Å²) in [6, 6.07) is 11.9. The zero-order valence-corrected chi connectivity index (χ0v) is 12.4. The monoisotopic (exact) mass is 284 g/mol. The normalized spacial score (nSPS) is 13.8. The van der Waals surface area contributed by atoms with E-state index in [9.17, 15) is 0 Å². The molecule has 1 heterocycles. The summed E-state index contributed by atoms with van der Waals surface area (Å²) >= 11 is 0. The molecule has 1 saturated carbocycles. The lowest BCUT2D eigenvalue weighted by Gasteiger charge is -2.14. The van der Waals surface area contributed by atoms with Crippen molar-refractivity contribution in [1.29, 1.82) is 0 Å². The number of hydrogen-bond acceptors (Lipinski definition) is 4. The Balaban J connectivity index is 1.76. The molecule has 4 heteroatoms. The molecule has 1 aromatic carbocycles. The summed E-state index contributed by atoms with van der Waals surface area (Å²) in [5.74, 6) is 2.13. The molecule has 0 radical (unpaired) electrons. The standard InChI is InChI=1S/C17H20N2O2/c1-18-15-6-3-7-16(20-2)13(15)11-21-17-8-4-5-14(19-17)12-9-10-12/h3-8,12,18H,9-11H2,1-2H3. The molecule has 0 spiro atoms. The number of methoxy groups -OCH3 is 1. The number of pyridine rings is 1. The first-order valence-corrected chi connectivity index (χ1v) is 7.25. The van der Waals surface area contributed by atoms with Crippen molar-refractivity contribution in [2.45, 2.75) is 25.4 Å². The number of rotatable bonds is 6. The highest BCUT2D eigenvalue weighted by atomic mass is 16.5. The molecule has 110 valence electrons. The highest BCUT2D eigenvalue weighted by Crippen LogP contribution is 2.39. The highest BCUT2D eigenvalue weighted by Gasteiger charge is 2.25. The number of hydrogen-bond donors (Lipinski definition) is 1. The smallest absolute Gasteiger partial charge is 0.213 e. The van der Waals surface area contributed by atoms with Crippen LogP contribution < -0.4 is 14.8 Å². The van der Waals surface area contributed by atoms with Gasteiger partial charge in [-0.25, -0.2) is 4.98 Å². The van der Waals surface area contributed by atoms with Gasteiger partial charge in [0.15, 0.2) is 0 Å².